The molecule has 0 aliphatic carbocycles. The molecule has 0 fully saturated rings. The Morgan fingerprint density at radius 1 is 1.38 bits per heavy atom. The maximum Gasteiger partial charge on any atom is 0.289 e. The van der Waals surface area contributed by atoms with Gasteiger partial charge in [0.25, 0.3) is 5.91 Å². The van der Waals surface area contributed by atoms with Gasteiger partial charge in [-0.05, 0) is 24.6 Å². The Hall–Kier alpha value is -2.96. The Morgan fingerprint density at radius 3 is 2.75 bits per heavy atom. The third-order valence-corrected chi connectivity index (χ3v) is 3.68. The van der Waals surface area contributed by atoms with Crippen LogP contribution in [0.3, 0.4) is 0 Å². The molecule has 0 aliphatic heterocycles. The zero-order valence-corrected chi connectivity index (χ0v) is 13.6. The summed E-state index contributed by atoms with van der Waals surface area (Å²) in [4.78, 5) is 21.0. The van der Waals surface area contributed by atoms with Gasteiger partial charge in [-0.15, -0.1) is 0 Å². The predicted molar refractivity (Wildman–Crippen MR) is 84.9 cm³/mol. The Bertz CT molecular complexity index is 884. The van der Waals surface area contributed by atoms with Crippen LogP contribution in [-0.2, 0) is 7.05 Å². The van der Waals surface area contributed by atoms with Crippen molar-refractivity contribution in [3.8, 4) is 0 Å². The van der Waals surface area contributed by atoms with Gasteiger partial charge in [-0.1, -0.05) is 12.1 Å². The maximum absolute atomic E-state index is 13.6. The van der Waals surface area contributed by atoms with Crippen LogP contribution in [-0.4, -0.2) is 20.4 Å². The van der Waals surface area contributed by atoms with E-state index < -0.39 is 11.9 Å². The number of carbonyl (C=O) groups excluding carboxylic acids is 1. The molecule has 7 heteroatoms. The second-order valence-electron chi connectivity index (χ2n) is 5.51. The lowest BCUT2D eigenvalue weighted by Gasteiger charge is -2.18. The van der Waals surface area contributed by atoms with E-state index in [1.54, 1.807) is 42.9 Å². The monoisotopic (exact) mass is 328 g/mol. The lowest BCUT2D eigenvalue weighted by Crippen LogP contribution is -2.31. The van der Waals surface area contributed by atoms with Crippen LogP contribution in [0.25, 0.3) is 0 Å². The van der Waals surface area contributed by atoms with Crippen LogP contribution in [0.15, 0.2) is 41.1 Å². The summed E-state index contributed by atoms with van der Waals surface area (Å²) in [6.45, 7) is 3.37. The number of nitrogens with one attached hydrogen (secondary N) is 1. The molecule has 3 aromatic rings. The molecular weight excluding hydrogens is 311 g/mol. The van der Waals surface area contributed by atoms with Gasteiger partial charge >= 0.3 is 0 Å². The molecule has 1 amide bonds. The number of halogens is 1. The Labute approximate surface area is 138 Å². The molecule has 0 radical (unpaired) electrons. The molecule has 1 unspecified atom stereocenters. The summed E-state index contributed by atoms with van der Waals surface area (Å²) in [5.74, 6) is 0.334. The molecule has 6 nitrogen and oxygen atoms in total. The molecule has 0 bridgehead atoms. The van der Waals surface area contributed by atoms with Crippen LogP contribution in [0, 0.1) is 19.7 Å². The van der Waals surface area contributed by atoms with Crippen LogP contribution in [0.1, 0.15) is 39.6 Å². The number of hydrogen-bond donors (Lipinski definition) is 1. The first-order valence-corrected chi connectivity index (χ1v) is 7.43. The molecule has 0 saturated carbocycles. The number of aryl methyl sites for hydroxylation is 3. The van der Waals surface area contributed by atoms with E-state index in [4.69, 9.17) is 4.42 Å². The molecule has 1 N–H and O–H groups in total. The average Bonchev–Trinajstić information content (AvgIpc) is 3.10. The molecular formula is C17H17FN4O2. The number of aromatic nitrogens is 3. The van der Waals surface area contributed by atoms with Gasteiger partial charge in [0.15, 0.2) is 5.89 Å². The van der Waals surface area contributed by atoms with Gasteiger partial charge in [-0.2, -0.15) is 0 Å². The lowest BCUT2D eigenvalue weighted by atomic mass is 10.1. The van der Waals surface area contributed by atoms with Crippen molar-refractivity contribution < 1.29 is 13.6 Å². The van der Waals surface area contributed by atoms with Gasteiger partial charge in [-0.25, -0.2) is 14.4 Å². The fourth-order valence-electron chi connectivity index (χ4n) is 2.58. The zero-order chi connectivity index (χ0) is 17.3. The lowest BCUT2D eigenvalue weighted by molar-refractivity contribution is 0.0911. The highest BCUT2D eigenvalue weighted by atomic mass is 19.1. The first-order valence-electron chi connectivity index (χ1n) is 7.43. The SMILES string of the molecule is Cc1nc(C)c(C(=O)NC(c2cccc(F)c2)c2nccn2C)o1. The van der Waals surface area contributed by atoms with Gasteiger partial charge in [0.05, 0.1) is 5.69 Å². The number of benzene rings is 1. The van der Waals surface area contributed by atoms with E-state index in [1.807, 2.05) is 7.05 Å². The summed E-state index contributed by atoms with van der Waals surface area (Å²) in [6.07, 6.45) is 3.38. The molecule has 0 saturated heterocycles. The highest BCUT2D eigenvalue weighted by Gasteiger charge is 2.24. The second kappa shape index (κ2) is 6.27. The van der Waals surface area contributed by atoms with Gasteiger partial charge in [-0.3, -0.25) is 4.79 Å². The summed E-state index contributed by atoms with van der Waals surface area (Å²) in [6, 6.07) is 5.44. The zero-order valence-electron chi connectivity index (χ0n) is 13.6. The molecule has 1 atom stereocenters. The molecule has 1 aromatic carbocycles. The van der Waals surface area contributed by atoms with Crippen LogP contribution in [0.4, 0.5) is 4.39 Å². The summed E-state index contributed by atoms with van der Waals surface area (Å²) >= 11 is 0. The van der Waals surface area contributed by atoms with Crippen molar-refractivity contribution >= 4 is 5.91 Å². The van der Waals surface area contributed by atoms with Crippen molar-refractivity contribution in [2.75, 3.05) is 0 Å². The Balaban J connectivity index is 1.98. The topological polar surface area (TPSA) is 73.0 Å². The predicted octanol–water partition coefficient (Wildman–Crippen LogP) is 2.68. The molecule has 3 rings (SSSR count). The third kappa shape index (κ3) is 3.05. The van der Waals surface area contributed by atoms with Gasteiger partial charge in [0, 0.05) is 26.4 Å². The van der Waals surface area contributed by atoms with Crippen molar-refractivity contribution in [3.63, 3.8) is 0 Å². The van der Waals surface area contributed by atoms with Crippen LogP contribution >= 0.6 is 0 Å². The Kier molecular flexibility index (Phi) is 4.16. The minimum atomic E-state index is -0.613. The first kappa shape index (κ1) is 15.9. The first-order chi connectivity index (χ1) is 11.5. The fourth-order valence-corrected chi connectivity index (χ4v) is 2.58. The third-order valence-electron chi connectivity index (χ3n) is 3.68. The second-order valence-corrected chi connectivity index (χ2v) is 5.51. The van der Waals surface area contributed by atoms with E-state index in [0.717, 1.165) is 0 Å². The number of imidazole rings is 1. The van der Waals surface area contributed by atoms with Gasteiger partial charge in [0.2, 0.25) is 5.76 Å². The van der Waals surface area contributed by atoms with E-state index in [9.17, 15) is 9.18 Å². The highest BCUT2D eigenvalue weighted by Crippen LogP contribution is 2.22. The summed E-state index contributed by atoms with van der Waals surface area (Å²) in [7, 11) is 1.81. The van der Waals surface area contributed by atoms with Crippen molar-refractivity contribution in [1.82, 2.24) is 19.9 Å². The van der Waals surface area contributed by atoms with E-state index in [1.165, 1.54) is 12.1 Å². The number of amides is 1. The quantitative estimate of drug-likeness (QED) is 0.799. The molecule has 2 heterocycles. The Morgan fingerprint density at radius 2 is 2.17 bits per heavy atom. The van der Waals surface area contributed by atoms with E-state index in [2.05, 4.69) is 15.3 Å². The normalized spacial score (nSPS) is 12.2. The smallest absolute Gasteiger partial charge is 0.289 e. The van der Waals surface area contributed by atoms with Crippen LogP contribution < -0.4 is 5.32 Å². The number of oxazole rings is 1. The number of hydrogen-bond acceptors (Lipinski definition) is 4. The van der Waals surface area contributed by atoms with Crippen molar-refractivity contribution in [1.29, 1.82) is 0 Å². The van der Waals surface area contributed by atoms with Crippen molar-refractivity contribution in [3.05, 3.63) is 71.2 Å². The van der Waals surface area contributed by atoms with Gasteiger partial charge in [0.1, 0.15) is 17.7 Å². The summed E-state index contributed by atoms with van der Waals surface area (Å²) < 4.78 is 20.8. The number of rotatable bonds is 4. The minimum absolute atomic E-state index is 0.142. The average molecular weight is 328 g/mol. The maximum atomic E-state index is 13.6. The van der Waals surface area contributed by atoms with E-state index in [0.29, 0.717) is 23.0 Å². The fraction of sp³-hybridized carbons (Fsp3) is 0.235. The molecule has 2 aromatic heterocycles. The minimum Gasteiger partial charge on any atom is -0.436 e. The number of nitrogens with zero attached hydrogens (tertiary/aromatic N) is 3. The van der Waals surface area contributed by atoms with Crippen molar-refractivity contribution in [2.45, 2.75) is 19.9 Å². The van der Waals surface area contributed by atoms with Crippen molar-refractivity contribution in [2.24, 2.45) is 7.05 Å². The van der Waals surface area contributed by atoms with Crippen LogP contribution in [0.5, 0.6) is 0 Å². The molecule has 0 aliphatic rings. The summed E-state index contributed by atoms with van der Waals surface area (Å²) in [5.41, 5.74) is 1.09. The largest absolute Gasteiger partial charge is 0.436 e. The number of carbonyl (C=O) groups is 1. The standard InChI is InChI=1S/C17H17FN4O2/c1-10-15(24-11(2)20-10)17(23)21-14(16-19-7-8-22(16)3)12-5-4-6-13(18)9-12/h4-9,14H,1-3H3,(H,21,23). The van der Waals surface area contributed by atoms with E-state index in [-0.39, 0.29) is 11.6 Å². The summed E-state index contributed by atoms with van der Waals surface area (Å²) in [5, 5.41) is 2.85. The van der Waals surface area contributed by atoms with Gasteiger partial charge < -0.3 is 14.3 Å². The molecule has 0 spiro atoms. The molecule has 124 valence electrons. The van der Waals surface area contributed by atoms with Crippen LogP contribution in [0.2, 0.25) is 0 Å². The highest BCUT2D eigenvalue weighted by molar-refractivity contribution is 5.92. The molecule has 24 heavy (non-hydrogen) atoms. The van der Waals surface area contributed by atoms with E-state index >= 15 is 0 Å².